The summed E-state index contributed by atoms with van der Waals surface area (Å²) in [6.07, 6.45) is 0. The van der Waals surface area contributed by atoms with E-state index in [1.54, 1.807) is 45.6 Å². The summed E-state index contributed by atoms with van der Waals surface area (Å²) in [5, 5.41) is 9.35. The fourth-order valence-electron chi connectivity index (χ4n) is 2.99. The normalized spacial score (nSPS) is 10.6. The third-order valence-electron chi connectivity index (χ3n) is 4.53. The number of benzene rings is 2. The Labute approximate surface area is 186 Å². The predicted molar refractivity (Wildman–Crippen MR) is 121 cm³/mol. The molecule has 1 aromatic heterocycles. The van der Waals surface area contributed by atoms with Crippen molar-refractivity contribution in [3.8, 4) is 28.6 Å². The number of Topliss-reactive ketones (excluding diaryl/α,β-unsaturated/α-hetero) is 1. The molecule has 0 fully saturated rings. The molecular weight excluding hydrogens is 414 g/mol. The van der Waals surface area contributed by atoms with E-state index < -0.39 is 0 Å². The van der Waals surface area contributed by atoms with Gasteiger partial charge in [-0.15, -0.1) is 10.2 Å². The molecule has 8 heteroatoms. The number of ether oxygens (including phenoxy) is 3. The quantitative estimate of drug-likeness (QED) is 0.261. The zero-order valence-electron chi connectivity index (χ0n) is 18.0. The summed E-state index contributed by atoms with van der Waals surface area (Å²) >= 11 is 1.35. The van der Waals surface area contributed by atoms with Crippen LogP contribution in [0.25, 0.3) is 11.4 Å². The van der Waals surface area contributed by atoms with Gasteiger partial charge in [0.1, 0.15) is 5.75 Å². The molecule has 0 aliphatic rings. The topological polar surface area (TPSA) is 75.5 Å². The van der Waals surface area contributed by atoms with Crippen molar-refractivity contribution in [3.05, 3.63) is 60.2 Å². The maximum Gasteiger partial charge on any atom is 0.192 e. The molecule has 0 aliphatic carbocycles. The van der Waals surface area contributed by atoms with Crippen LogP contribution in [0.5, 0.6) is 17.2 Å². The first-order valence-electron chi connectivity index (χ1n) is 9.56. The van der Waals surface area contributed by atoms with Crippen molar-refractivity contribution in [3.63, 3.8) is 0 Å². The van der Waals surface area contributed by atoms with Gasteiger partial charge in [-0.2, -0.15) is 0 Å². The second-order valence-corrected chi connectivity index (χ2v) is 7.80. The average Bonchev–Trinajstić information content (AvgIpc) is 3.18. The zero-order valence-corrected chi connectivity index (χ0v) is 18.9. The molecule has 1 heterocycles. The molecule has 0 amide bonds. The highest BCUT2D eigenvalue weighted by Crippen LogP contribution is 2.33. The Balaban J connectivity index is 1.85. The number of methoxy groups -OCH3 is 3. The standard InChI is InChI=1S/C23H25N3O4S/c1-15(2)13-26-22(17-8-11-20(29-4)21(12-17)30-5)24-25-23(26)31-14-19(27)16-6-9-18(28-3)10-7-16/h6-12H,1,13-14H2,2-5H3. The van der Waals surface area contributed by atoms with Gasteiger partial charge in [-0.05, 0) is 49.4 Å². The largest absolute Gasteiger partial charge is 0.497 e. The molecule has 0 atom stereocenters. The van der Waals surface area contributed by atoms with Gasteiger partial charge in [0.2, 0.25) is 0 Å². The van der Waals surface area contributed by atoms with E-state index in [0.717, 1.165) is 11.1 Å². The van der Waals surface area contributed by atoms with E-state index in [9.17, 15) is 4.79 Å². The van der Waals surface area contributed by atoms with Crippen LogP contribution < -0.4 is 14.2 Å². The summed E-state index contributed by atoms with van der Waals surface area (Å²) < 4.78 is 17.8. The molecule has 162 valence electrons. The number of ketones is 1. The van der Waals surface area contributed by atoms with E-state index in [4.69, 9.17) is 14.2 Å². The van der Waals surface area contributed by atoms with Crippen molar-refractivity contribution in [2.45, 2.75) is 18.6 Å². The van der Waals surface area contributed by atoms with E-state index in [0.29, 0.717) is 40.3 Å². The van der Waals surface area contributed by atoms with Gasteiger partial charge < -0.3 is 14.2 Å². The first-order chi connectivity index (χ1) is 15.0. The van der Waals surface area contributed by atoms with Crippen molar-refractivity contribution in [2.24, 2.45) is 0 Å². The molecule has 0 aliphatic heterocycles. The number of thioether (sulfide) groups is 1. The molecule has 0 spiro atoms. The summed E-state index contributed by atoms with van der Waals surface area (Å²) in [6, 6.07) is 12.7. The van der Waals surface area contributed by atoms with Crippen LogP contribution in [0, 0.1) is 0 Å². The molecular formula is C23H25N3O4S. The average molecular weight is 440 g/mol. The predicted octanol–water partition coefficient (Wildman–Crippen LogP) is 4.52. The van der Waals surface area contributed by atoms with Crippen LogP contribution in [-0.2, 0) is 6.54 Å². The lowest BCUT2D eigenvalue weighted by Gasteiger charge is -2.12. The second kappa shape index (κ2) is 10.2. The van der Waals surface area contributed by atoms with Crippen LogP contribution in [0.2, 0.25) is 0 Å². The minimum atomic E-state index is 0.00481. The van der Waals surface area contributed by atoms with E-state index >= 15 is 0 Å². The van der Waals surface area contributed by atoms with Crippen LogP contribution in [0.4, 0.5) is 0 Å². The van der Waals surface area contributed by atoms with E-state index in [2.05, 4.69) is 16.8 Å². The van der Waals surface area contributed by atoms with E-state index in [-0.39, 0.29) is 11.5 Å². The number of rotatable bonds is 10. The van der Waals surface area contributed by atoms with Gasteiger partial charge in [0.15, 0.2) is 28.3 Å². The Morgan fingerprint density at radius 2 is 1.71 bits per heavy atom. The minimum absolute atomic E-state index is 0.00481. The van der Waals surface area contributed by atoms with Gasteiger partial charge in [0.25, 0.3) is 0 Å². The van der Waals surface area contributed by atoms with E-state index in [1.165, 1.54) is 11.8 Å². The van der Waals surface area contributed by atoms with Crippen molar-refractivity contribution in [1.29, 1.82) is 0 Å². The Morgan fingerprint density at radius 3 is 2.32 bits per heavy atom. The zero-order chi connectivity index (χ0) is 22.4. The highest BCUT2D eigenvalue weighted by atomic mass is 32.2. The van der Waals surface area contributed by atoms with Crippen molar-refractivity contribution >= 4 is 17.5 Å². The highest BCUT2D eigenvalue weighted by Gasteiger charge is 2.18. The maximum atomic E-state index is 12.6. The van der Waals surface area contributed by atoms with Gasteiger partial charge >= 0.3 is 0 Å². The fraction of sp³-hybridized carbons (Fsp3) is 0.261. The summed E-state index contributed by atoms with van der Waals surface area (Å²) in [5.74, 6) is 2.87. The lowest BCUT2D eigenvalue weighted by Crippen LogP contribution is -2.07. The van der Waals surface area contributed by atoms with Crippen molar-refractivity contribution < 1.29 is 19.0 Å². The highest BCUT2D eigenvalue weighted by molar-refractivity contribution is 7.99. The molecule has 0 N–H and O–H groups in total. The second-order valence-electron chi connectivity index (χ2n) is 6.86. The Bertz CT molecular complexity index is 1080. The lowest BCUT2D eigenvalue weighted by molar-refractivity contribution is 0.102. The van der Waals surface area contributed by atoms with Crippen molar-refractivity contribution in [1.82, 2.24) is 14.8 Å². The molecule has 7 nitrogen and oxygen atoms in total. The number of carbonyl (C=O) groups excluding carboxylic acids is 1. The molecule has 0 saturated carbocycles. The number of hydrogen-bond acceptors (Lipinski definition) is 7. The van der Waals surface area contributed by atoms with E-state index in [1.807, 2.05) is 29.7 Å². The van der Waals surface area contributed by atoms with Crippen LogP contribution in [-0.4, -0.2) is 47.6 Å². The molecule has 31 heavy (non-hydrogen) atoms. The molecule has 0 unspecified atom stereocenters. The third-order valence-corrected chi connectivity index (χ3v) is 5.50. The van der Waals surface area contributed by atoms with Gasteiger partial charge in [-0.25, -0.2) is 0 Å². The molecule has 0 saturated heterocycles. The number of nitrogens with zero attached hydrogens (tertiary/aromatic N) is 3. The number of hydrogen-bond donors (Lipinski definition) is 0. The molecule has 3 rings (SSSR count). The molecule has 0 bridgehead atoms. The SMILES string of the molecule is C=C(C)Cn1c(SCC(=O)c2ccc(OC)cc2)nnc1-c1ccc(OC)c(OC)c1. The summed E-state index contributed by atoms with van der Waals surface area (Å²) in [5.41, 5.74) is 2.41. The Hall–Kier alpha value is -3.26. The van der Waals surface area contributed by atoms with Gasteiger partial charge in [0.05, 0.1) is 27.1 Å². The van der Waals surface area contributed by atoms with Crippen LogP contribution >= 0.6 is 11.8 Å². The smallest absolute Gasteiger partial charge is 0.192 e. The Kier molecular flexibility index (Phi) is 7.36. The van der Waals surface area contributed by atoms with Gasteiger partial charge in [-0.1, -0.05) is 23.9 Å². The van der Waals surface area contributed by atoms with Gasteiger partial charge in [0, 0.05) is 17.7 Å². The summed E-state index contributed by atoms with van der Waals surface area (Å²) in [6.45, 7) is 6.49. The third kappa shape index (κ3) is 5.27. The Morgan fingerprint density at radius 1 is 1.00 bits per heavy atom. The molecule has 3 aromatic rings. The number of aromatic nitrogens is 3. The lowest BCUT2D eigenvalue weighted by atomic mass is 10.1. The van der Waals surface area contributed by atoms with Crippen molar-refractivity contribution in [2.75, 3.05) is 27.1 Å². The van der Waals surface area contributed by atoms with Crippen LogP contribution in [0.3, 0.4) is 0 Å². The fourth-order valence-corrected chi connectivity index (χ4v) is 3.82. The maximum absolute atomic E-state index is 12.6. The first-order valence-corrected chi connectivity index (χ1v) is 10.6. The first kappa shape index (κ1) is 22.4. The molecule has 2 aromatic carbocycles. The number of carbonyl (C=O) groups is 1. The molecule has 0 radical (unpaired) electrons. The monoisotopic (exact) mass is 439 g/mol. The van der Waals surface area contributed by atoms with Gasteiger partial charge in [-0.3, -0.25) is 9.36 Å². The summed E-state index contributed by atoms with van der Waals surface area (Å²) in [4.78, 5) is 12.6. The minimum Gasteiger partial charge on any atom is -0.497 e. The van der Waals surface area contributed by atoms with Crippen LogP contribution in [0.1, 0.15) is 17.3 Å². The van der Waals surface area contributed by atoms with Crippen LogP contribution in [0.15, 0.2) is 59.8 Å². The number of allylic oxidation sites excluding steroid dienone is 1. The summed E-state index contributed by atoms with van der Waals surface area (Å²) in [7, 11) is 4.78.